The predicted molar refractivity (Wildman–Crippen MR) is 127 cm³/mol. The normalized spacial score (nSPS) is 14.2. The summed E-state index contributed by atoms with van der Waals surface area (Å²) in [6, 6.07) is 16.2. The summed E-state index contributed by atoms with van der Waals surface area (Å²) in [6.07, 6.45) is 8.91. The van der Waals surface area contributed by atoms with Gasteiger partial charge in [-0.2, -0.15) is 10.2 Å². The van der Waals surface area contributed by atoms with E-state index in [9.17, 15) is 0 Å². The van der Waals surface area contributed by atoms with Gasteiger partial charge in [0.2, 0.25) is 0 Å². The Bertz CT molecular complexity index is 1230. The number of methoxy groups -OCH3 is 1. The lowest BCUT2D eigenvalue weighted by atomic mass is 10.1. The van der Waals surface area contributed by atoms with Crippen molar-refractivity contribution in [1.29, 1.82) is 0 Å². The van der Waals surface area contributed by atoms with Crippen LogP contribution in [-0.2, 0) is 0 Å². The molecule has 162 valence electrons. The smallest absolute Gasteiger partial charge is 0.168 e. The Balaban J connectivity index is 1.32. The van der Waals surface area contributed by atoms with Gasteiger partial charge < -0.3 is 9.64 Å². The lowest BCUT2D eigenvalue weighted by Gasteiger charge is -2.28. The highest BCUT2D eigenvalue weighted by atomic mass is 16.5. The van der Waals surface area contributed by atoms with Gasteiger partial charge in [-0.05, 0) is 49.1 Å². The zero-order valence-electron chi connectivity index (χ0n) is 18.0. The third-order valence-corrected chi connectivity index (χ3v) is 5.66. The van der Waals surface area contributed by atoms with E-state index in [-0.39, 0.29) is 0 Å². The van der Waals surface area contributed by atoms with Gasteiger partial charge in [-0.3, -0.25) is 5.43 Å². The van der Waals surface area contributed by atoms with E-state index >= 15 is 0 Å². The molecule has 8 heteroatoms. The maximum Gasteiger partial charge on any atom is 0.168 e. The van der Waals surface area contributed by atoms with Crippen LogP contribution in [0, 0.1) is 0 Å². The first-order chi connectivity index (χ1) is 15.8. The van der Waals surface area contributed by atoms with Gasteiger partial charge >= 0.3 is 0 Å². The Morgan fingerprint density at radius 3 is 2.66 bits per heavy atom. The number of nitrogens with zero attached hydrogens (tertiary/aromatic N) is 6. The fourth-order valence-electron chi connectivity index (χ4n) is 3.96. The average molecular weight is 428 g/mol. The van der Waals surface area contributed by atoms with Crippen molar-refractivity contribution >= 4 is 28.8 Å². The molecular weight excluding hydrogens is 402 g/mol. The Hall–Kier alpha value is -3.94. The van der Waals surface area contributed by atoms with Crippen LogP contribution in [0.1, 0.15) is 24.8 Å². The van der Waals surface area contributed by atoms with E-state index in [2.05, 4.69) is 54.8 Å². The lowest BCUT2D eigenvalue weighted by Crippen LogP contribution is -2.29. The molecule has 0 aliphatic carbocycles. The van der Waals surface area contributed by atoms with Crippen molar-refractivity contribution in [3.05, 3.63) is 66.6 Å². The van der Waals surface area contributed by atoms with Crippen LogP contribution in [0.4, 0.5) is 11.5 Å². The molecule has 0 saturated carbocycles. The van der Waals surface area contributed by atoms with E-state index in [4.69, 9.17) is 4.74 Å². The van der Waals surface area contributed by atoms with Gasteiger partial charge in [0.25, 0.3) is 0 Å². The molecule has 0 bridgehead atoms. The number of piperidine rings is 1. The highest BCUT2D eigenvalue weighted by molar-refractivity contribution is 5.88. The Labute approximate surface area is 186 Å². The molecule has 0 atom stereocenters. The minimum Gasteiger partial charge on any atom is -0.497 e. The second-order valence-corrected chi connectivity index (χ2v) is 7.73. The number of hydrogen-bond acceptors (Lipinski definition) is 7. The van der Waals surface area contributed by atoms with Crippen LogP contribution in [0.15, 0.2) is 66.2 Å². The summed E-state index contributed by atoms with van der Waals surface area (Å²) in [7, 11) is 1.64. The van der Waals surface area contributed by atoms with E-state index in [0.717, 1.165) is 35.5 Å². The van der Waals surface area contributed by atoms with E-state index in [1.807, 2.05) is 24.3 Å². The summed E-state index contributed by atoms with van der Waals surface area (Å²) in [4.78, 5) is 11.2. The van der Waals surface area contributed by atoms with Crippen LogP contribution in [0.5, 0.6) is 5.75 Å². The summed E-state index contributed by atoms with van der Waals surface area (Å²) in [5.74, 6) is 1.36. The molecule has 1 N–H and O–H groups in total. The van der Waals surface area contributed by atoms with Gasteiger partial charge in [0.05, 0.1) is 30.6 Å². The van der Waals surface area contributed by atoms with Crippen LogP contribution in [0.2, 0.25) is 0 Å². The van der Waals surface area contributed by atoms with Gasteiger partial charge in [0.15, 0.2) is 11.5 Å². The average Bonchev–Trinajstić information content (AvgIpc) is 3.30. The first-order valence-corrected chi connectivity index (χ1v) is 10.8. The van der Waals surface area contributed by atoms with Crippen LogP contribution < -0.4 is 15.1 Å². The van der Waals surface area contributed by atoms with Crippen LogP contribution >= 0.6 is 0 Å². The largest absolute Gasteiger partial charge is 0.497 e. The van der Waals surface area contributed by atoms with Gasteiger partial charge in [-0.15, -0.1) is 0 Å². The van der Waals surface area contributed by atoms with Gasteiger partial charge in [-0.1, -0.05) is 18.2 Å². The zero-order chi connectivity index (χ0) is 21.8. The van der Waals surface area contributed by atoms with E-state index in [1.54, 1.807) is 24.2 Å². The first kappa shape index (κ1) is 20.0. The summed E-state index contributed by atoms with van der Waals surface area (Å²) < 4.78 is 7.08. The predicted octanol–water partition coefficient (Wildman–Crippen LogP) is 4.26. The summed E-state index contributed by atoms with van der Waals surface area (Å²) in [5, 5.41) is 9.65. The maximum absolute atomic E-state index is 5.32. The molecule has 5 rings (SSSR count). The van der Waals surface area contributed by atoms with Gasteiger partial charge in [0.1, 0.15) is 12.1 Å². The number of rotatable bonds is 6. The van der Waals surface area contributed by atoms with Crippen molar-refractivity contribution in [3.63, 3.8) is 0 Å². The molecular formula is C24H25N7O. The fraction of sp³-hybridized carbons (Fsp3) is 0.250. The lowest BCUT2D eigenvalue weighted by molar-refractivity contribution is 0.414. The summed E-state index contributed by atoms with van der Waals surface area (Å²) >= 11 is 0. The van der Waals surface area contributed by atoms with Crippen molar-refractivity contribution in [2.45, 2.75) is 19.3 Å². The number of benzene rings is 2. The molecule has 3 heterocycles. The van der Waals surface area contributed by atoms with Crippen molar-refractivity contribution in [2.24, 2.45) is 5.10 Å². The molecule has 8 nitrogen and oxygen atoms in total. The van der Waals surface area contributed by atoms with Crippen molar-refractivity contribution in [3.8, 4) is 11.4 Å². The molecule has 2 aromatic heterocycles. The summed E-state index contributed by atoms with van der Waals surface area (Å²) in [5.41, 5.74) is 6.88. The number of fused-ring (bicyclic) bond motifs is 1. The van der Waals surface area contributed by atoms with Gasteiger partial charge in [0, 0.05) is 24.8 Å². The zero-order valence-corrected chi connectivity index (χ0v) is 18.0. The van der Waals surface area contributed by atoms with E-state index < -0.39 is 0 Å². The number of aromatic nitrogens is 4. The SMILES string of the molecule is COc1cccc(-n2ncc3c(NN=Cc4ccc(N5CCCCC5)cc4)ncnc32)c1. The molecule has 0 spiro atoms. The monoisotopic (exact) mass is 427 g/mol. The topological polar surface area (TPSA) is 80.5 Å². The molecule has 0 unspecified atom stereocenters. The molecule has 1 aliphatic heterocycles. The number of hydrazone groups is 1. The highest BCUT2D eigenvalue weighted by Crippen LogP contribution is 2.24. The fourth-order valence-corrected chi connectivity index (χ4v) is 3.96. The van der Waals surface area contributed by atoms with Crippen LogP contribution in [-0.4, -0.2) is 46.2 Å². The molecule has 32 heavy (non-hydrogen) atoms. The molecule has 2 aromatic carbocycles. The first-order valence-electron chi connectivity index (χ1n) is 10.8. The molecule has 1 aliphatic rings. The number of hydrogen-bond donors (Lipinski definition) is 1. The van der Waals surface area contributed by atoms with E-state index in [0.29, 0.717) is 11.5 Å². The second-order valence-electron chi connectivity index (χ2n) is 7.73. The van der Waals surface area contributed by atoms with Crippen LogP contribution in [0.25, 0.3) is 16.7 Å². The number of anilines is 2. The van der Waals surface area contributed by atoms with Crippen molar-refractivity contribution < 1.29 is 4.74 Å². The van der Waals surface area contributed by atoms with Gasteiger partial charge in [-0.25, -0.2) is 14.6 Å². The Morgan fingerprint density at radius 2 is 1.84 bits per heavy atom. The minimum atomic E-state index is 0.602. The van der Waals surface area contributed by atoms with Crippen molar-refractivity contribution in [2.75, 3.05) is 30.5 Å². The molecule has 0 radical (unpaired) electrons. The van der Waals surface area contributed by atoms with Crippen LogP contribution in [0.3, 0.4) is 0 Å². The molecule has 0 amide bonds. The molecule has 1 fully saturated rings. The van der Waals surface area contributed by atoms with E-state index in [1.165, 1.54) is 31.3 Å². The summed E-state index contributed by atoms with van der Waals surface area (Å²) in [6.45, 7) is 2.28. The third kappa shape index (κ3) is 4.12. The Kier molecular flexibility index (Phi) is 5.65. The highest BCUT2D eigenvalue weighted by Gasteiger charge is 2.12. The molecule has 1 saturated heterocycles. The number of ether oxygens (including phenoxy) is 1. The van der Waals surface area contributed by atoms with Crippen molar-refractivity contribution in [1.82, 2.24) is 19.7 Å². The maximum atomic E-state index is 5.32. The quantitative estimate of drug-likeness (QED) is 0.366. The minimum absolute atomic E-state index is 0.602. The number of nitrogens with one attached hydrogen (secondary N) is 1. The third-order valence-electron chi connectivity index (χ3n) is 5.66. The molecule has 4 aromatic rings. The standard InChI is InChI=1S/C24H25N7O/c1-32-21-7-5-6-20(14-21)31-24-22(16-28-31)23(25-17-26-24)29-27-15-18-8-10-19(11-9-18)30-12-3-2-4-13-30/h5-11,14-17H,2-4,12-13H2,1H3,(H,25,26,29). The Morgan fingerprint density at radius 1 is 1.00 bits per heavy atom. The second kappa shape index (κ2) is 9.05.